The number of hydrogen-bond acceptors (Lipinski definition) is 8. The fraction of sp³-hybridized carbons (Fsp3) is 0.579. The zero-order valence-electron chi connectivity index (χ0n) is 16.0. The van der Waals surface area contributed by atoms with E-state index in [2.05, 4.69) is 10.6 Å². The summed E-state index contributed by atoms with van der Waals surface area (Å²) < 4.78 is 6.11. The Hall–Kier alpha value is -1.69. The number of carbonyl (C=O) groups excluding carboxylic acids is 2. The number of aliphatic hydroxyl groups is 2. The van der Waals surface area contributed by atoms with E-state index in [1.807, 2.05) is 37.3 Å². The molecule has 3 heterocycles. The molecule has 3 aliphatic rings. The van der Waals surface area contributed by atoms with Gasteiger partial charge in [0.2, 0.25) is 5.91 Å². The molecule has 0 bridgehead atoms. The number of ether oxygens (including phenoxy) is 1. The van der Waals surface area contributed by atoms with E-state index in [0.717, 1.165) is 11.8 Å². The molecule has 1 aromatic carbocycles. The lowest BCUT2D eigenvalue weighted by Gasteiger charge is -2.39. The molecule has 9 nitrogen and oxygen atoms in total. The van der Waals surface area contributed by atoms with Crippen molar-refractivity contribution in [1.29, 1.82) is 0 Å². The highest BCUT2D eigenvalue weighted by atomic mass is 32.2. The van der Waals surface area contributed by atoms with Crippen molar-refractivity contribution in [2.24, 2.45) is 11.7 Å². The Morgan fingerprint density at radius 2 is 2.03 bits per heavy atom. The second-order valence-corrected chi connectivity index (χ2v) is 8.70. The minimum Gasteiger partial charge on any atom is -0.390 e. The molecule has 3 fully saturated rings. The van der Waals surface area contributed by atoms with Crippen LogP contribution in [-0.2, 0) is 9.53 Å². The summed E-state index contributed by atoms with van der Waals surface area (Å²) in [5, 5.41) is 26.1. The summed E-state index contributed by atoms with van der Waals surface area (Å²) in [6.07, 6.45) is -3.47. The summed E-state index contributed by atoms with van der Waals surface area (Å²) >= 11 is 0.912. The molecule has 0 saturated carbocycles. The zero-order valence-corrected chi connectivity index (χ0v) is 16.8. The first kappa shape index (κ1) is 20.6. The first-order valence-corrected chi connectivity index (χ1v) is 10.7. The summed E-state index contributed by atoms with van der Waals surface area (Å²) in [5.41, 5.74) is 6.56. The summed E-state index contributed by atoms with van der Waals surface area (Å²) in [6, 6.07) is 9.16. The number of nitrogens with two attached hydrogens (primary N) is 1. The number of amides is 2. The number of thioether (sulfide) groups is 1. The van der Waals surface area contributed by atoms with Gasteiger partial charge in [-0.25, -0.2) is 0 Å². The van der Waals surface area contributed by atoms with Crippen LogP contribution in [0.5, 0.6) is 0 Å². The van der Waals surface area contributed by atoms with Gasteiger partial charge in [-0.05, 0) is 30.2 Å². The van der Waals surface area contributed by atoms with Crippen LogP contribution in [0.25, 0.3) is 0 Å². The van der Waals surface area contributed by atoms with Crippen LogP contribution in [0.1, 0.15) is 31.4 Å². The maximum atomic E-state index is 12.8. The number of aliphatic hydroxyl groups excluding tert-OH is 2. The Kier molecular flexibility index (Phi) is 5.83. The Morgan fingerprint density at radius 1 is 1.31 bits per heavy atom. The van der Waals surface area contributed by atoms with Gasteiger partial charge >= 0.3 is 0 Å². The van der Waals surface area contributed by atoms with Crippen LogP contribution in [0, 0.1) is 5.92 Å². The first-order valence-electron chi connectivity index (χ1n) is 9.78. The van der Waals surface area contributed by atoms with Crippen molar-refractivity contribution in [2.45, 2.75) is 62.0 Å². The zero-order chi connectivity index (χ0) is 20.7. The minimum absolute atomic E-state index is 0.314. The molecule has 3 saturated heterocycles. The van der Waals surface area contributed by atoms with Crippen LogP contribution in [0.4, 0.5) is 4.79 Å². The lowest BCUT2D eigenvalue weighted by atomic mass is 9.89. The number of hydrogen-bond donors (Lipinski definition) is 5. The summed E-state index contributed by atoms with van der Waals surface area (Å²) in [5.74, 6) is -0.777. The molecule has 3 unspecified atom stereocenters. The average Bonchev–Trinajstić information content (AvgIpc) is 3.28. The molecule has 2 amide bonds. The maximum absolute atomic E-state index is 12.8. The molecule has 0 aromatic heterocycles. The maximum Gasteiger partial charge on any atom is 0.285 e. The van der Waals surface area contributed by atoms with Crippen LogP contribution < -0.4 is 16.4 Å². The Bertz CT molecular complexity index is 768. The highest BCUT2D eigenvalue weighted by Gasteiger charge is 2.55. The van der Waals surface area contributed by atoms with Crippen molar-refractivity contribution >= 4 is 22.9 Å². The van der Waals surface area contributed by atoms with Gasteiger partial charge in [0, 0.05) is 5.92 Å². The van der Waals surface area contributed by atoms with Gasteiger partial charge in [-0.15, -0.1) is 0 Å². The molecule has 10 heteroatoms. The van der Waals surface area contributed by atoms with Crippen molar-refractivity contribution in [3.8, 4) is 0 Å². The van der Waals surface area contributed by atoms with Crippen LogP contribution in [0.2, 0.25) is 0 Å². The first-order chi connectivity index (χ1) is 13.9. The Labute approximate surface area is 173 Å². The average molecular weight is 423 g/mol. The van der Waals surface area contributed by atoms with E-state index in [1.165, 1.54) is 4.90 Å². The topological polar surface area (TPSA) is 137 Å². The van der Waals surface area contributed by atoms with E-state index in [9.17, 15) is 19.8 Å². The van der Waals surface area contributed by atoms with Gasteiger partial charge in [0.1, 0.15) is 23.9 Å². The molecule has 0 aliphatic carbocycles. The molecule has 8 atom stereocenters. The largest absolute Gasteiger partial charge is 0.390 e. The van der Waals surface area contributed by atoms with Crippen molar-refractivity contribution < 1.29 is 24.5 Å². The number of benzene rings is 1. The Morgan fingerprint density at radius 3 is 2.72 bits per heavy atom. The molecule has 0 radical (unpaired) electrons. The highest BCUT2D eigenvalue weighted by Crippen LogP contribution is 2.44. The van der Waals surface area contributed by atoms with Crippen molar-refractivity contribution in [3.05, 3.63) is 35.9 Å². The fourth-order valence-corrected chi connectivity index (χ4v) is 5.34. The lowest BCUT2D eigenvalue weighted by Crippen LogP contribution is -2.69. The van der Waals surface area contributed by atoms with E-state index in [-0.39, 0.29) is 11.1 Å². The number of fused-ring (bicyclic) bond motifs is 1. The van der Waals surface area contributed by atoms with Gasteiger partial charge in [-0.3, -0.25) is 25.5 Å². The quantitative estimate of drug-likeness (QED) is 0.449. The third-order valence-corrected chi connectivity index (χ3v) is 6.92. The molecule has 29 heavy (non-hydrogen) atoms. The molecule has 158 valence electrons. The molecular weight excluding hydrogens is 396 g/mol. The smallest absolute Gasteiger partial charge is 0.285 e. The van der Waals surface area contributed by atoms with Crippen molar-refractivity contribution in [1.82, 2.24) is 15.5 Å². The van der Waals surface area contributed by atoms with E-state index in [4.69, 9.17) is 10.5 Å². The van der Waals surface area contributed by atoms with Crippen molar-refractivity contribution in [3.63, 3.8) is 0 Å². The lowest BCUT2D eigenvalue weighted by molar-refractivity contribution is -0.130. The summed E-state index contributed by atoms with van der Waals surface area (Å²) in [6.45, 7) is 1.85. The fourth-order valence-electron chi connectivity index (χ4n) is 4.27. The van der Waals surface area contributed by atoms with E-state index in [1.54, 1.807) is 0 Å². The van der Waals surface area contributed by atoms with Gasteiger partial charge in [0.15, 0.2) is 0 Å². The molecule has 1 aromatic rings. The standard InChI is InChI=1S/C19H26N4O5S/c1-2-11(24)12-8-10(13(25)9-6-4-3-5-7-9)17(28-12)23-15-14(29-19(23)27)16(26)22-18(20)21-15/h3-7,10-15,17-18,21,24-25H,2,8,20H2,1H3,(H,22,26)/t10-,11-,12-,13+,14?,15?,17+,18?/m0/s1. The summed E-state index contributed by atoms with van der Waals surface area (Å²) in [4.78, 5) is 26.6. The van der Waals surface area contributed by atoms with Gasteiger partial charge in [0.25, 0.3) is 5.24 Å². The van der Waals surface area contributed by atoms with Crippen LogP contribution >= 0.6 is 11.8 Å². The predicted molar refractivity (Wildman–Crippen MR) is 106 cm³/mol. The number of rotatable bonds is 5. The SMILES string of the molecule is CC[C@H](O)[C@@H]1C[C@@H]([C@H](O)c2ccccc2)[C@H](N2C(=O)SC3C(=O)NC(N)NC32)O1. The third-order valence-electron chi connectivity index (χ3n) is 5.78. The van der Waals surface area contributed by atoms with E-state index >= 15 is 0 Å². The van der Waals surface area contributed by atoms with Gasteiger partial charge in [0.05, 0.1) is 18.3 Å². The molecule has 3 aliphatic heterocycles. The van der Waals surface area contributed by atoms with Crippen LogP contribution in [0.3, 0.4) is 0 Å². The minimum atomic E-state index is -0.891. The van der Waals surface area contributed by atoms with Crippen LogP contribution in [-0.4, -0.2) is 62.4 Å². The number of carbonyl (C=O) groups is 2. The van der Waals surface area contributed by atoms with Gasteiger partial charge in [-0.1, -0.05) is 37.3 Å². The van der Waals surface area contributed by atoms with Crippen molar-refractivity contribution in [2.75, 3.05) is 0 Å². The third kappa shape index (κ3) is 3.76. The number of nitrogens with one attached hydrogen (secondary N) is 2. The van der Waals surface area contributed by atoms with Gasteiger partial charge in [-0.2, -0.15) is 0 Å². The molecule has 4 rings (SSSR count). The van der Waals surface area contributed by atoms with Gasteiger partial charge < -0.3 is 20.3 Å². The highest BCUT2D eigenvalue weighted by molar-refractivity contribution is 8.15. The van der Waals surface area contributed by atoms with E-state index in [0.29, 0.717) is 18.4 Å². The second-order valence-electron chi connectivity index (χ2n) is 7.61. The predicted octanol–water partition coefficient (Wildman–Crippen LogP) is 0.0473. The molecular formula is C19H26N4O5S. The summed E-state index contributed by atoms with van der Waals surface area (Å²) in [7, 11) is 0. The molecule has 6 N–H and O–H groups in total. The normalized spacial score (nSPS) is 36.6. The molecule has 0 spiro atoms. The van der Waals surface area contributed by atoms with E-state index < -0.39 is 48.2 Å². The Balaban J connectivity index is 1.65. The monoisotopic (exact) mass is 422 g/mol. The van der Waals surface area contributed by atoms with Crippen LogP contribution in [0.15, 0.2) is 30.3 Å². The second kappa shape index (κ2) is 8.21. The number of nitrogens with zero attached hydrogens (tertiary/aromatic N) is 1.